The molecule has 0 spiro atoms. The number of aliphatic hydroxyl groups is 1. The fraction of sp³-hybridized carbons (Fsp3) is 0.700. The Labute approximate surface area is 165 Å². The molecule has 6 nitrogen and oxygen atoms in total. The van der Waals surface area contributed by atoms with Gasteiger partial charge in [-0.2, -0.15) is 0 Å². The zero-order valence-electron chi connectivity index (χ0n) is 15.8. The first kappa shape index (κ1) is 20.4. The van der Waals surface area contributed by atoms with Crippen molar-refractivity contribution < 1.29 is 14.3 Å². The second-order valence-corrected chi connectivity index (χ2v) is 8.21. The van der Waals surface area contributed by atoms with E-state index >= 15 is 0 Å². The van der Waals surface area contributed by atoms with Crippen molar-refractivity contribution in [2.24, 2.45) is 5.92 Å². The average Bonchev–Trinajstić information content (AvgIpc) is 3.40. The lowest BCUT2D eigenvalue weighted by Gasteiger charge is -2.34. The van der Waals surface area contributed by atoms with Crippen LogP contribution in [0.1, 0.15) is 66.1 Å². The van der Waals surface area contributed by atoms with Crippen LogP contribution in [0.15, 0.2) is 15.3 Å². The minimum atomic E-state index is -0.515. The van der Waals surface area contributed by atoms with Crippen molar-refractivity contribution in [3.05, 3.63) is 33.4 Å². The van der Waals surface area contributed by atoms with E-state index in [9.17, 15) is 14.7 Å². The van der Waals surface area contributed by atoms with Crippen LogP contribution in [0.25, 0.3) is 0 Å². The van der Waals surface area contributed by atoms with Crippen LogP contribution in [-0.4, -0.2) is 47.7 Å². The minimum Gasteiger partial charge on any atom is -0.427 e. The maximum Gasteiger partial charge on any atom is 0.349 e. The Morgan fingerprint density at radius 1 is 1.30 bits per heavy atom. The van der Waals surface area contributed by atoms with Crippen LogP contribution in [0.2, 0.25) is 0 Å². The summed E-state index contributed by atoms with van der Waals surface area (Å²) < 4.78 is 5.54. The molecule has 1 aromatic rings. The fourth-order valence-electron chi connectivity index (χ4n) is 4.50. The summed E-state index contributed by atoms with van der Waals surface area (Å²) in [7, 11) is 0. The molecule has 4 rings (SSSR count). The van der Waals surface area contributed by atoms with Crippen LogP contribution >= 0.6 is 12.4 Å². The Bertz CT molecular complexity index is 745. The van der Waals surface area contributed by atoms with Crippen LogP contribution in [-0.2, 0) is 0 Å². The summed E-state index contributed by atoms with van der Waals surface area (Å²) in [5.41, 5.74) is -0.130. The van der Waals surface area contributed by atoms with E-state index < -0.39 is 11.2 Å². The number of rotatable bonds is 3. The van der Waals surface area contributed by atoms with Gasteiger partial charge in [0.2, 0.25) is 0 Å². The third-order valence-corrected chi connectivity index (χ3v) is 6.39. The number of halogens is 1. The van der Waals surface area contributed by atoms with Gasteiger partial charge in [-0.1, -0.05) is 0 Å². The molecular weight excluding hydrogens is 368 g/mol. The summed E-state index contributed by atoms with van der Waals surface area (Å²) in [6.45, 7) is 4.83. The molecule has 2 aliphatic heterocycles. The molecule has 2 saturated heterocycles. The smallest absolute Gasteiger partial charge is 0.349 e. The SMILES string of the molecule is Cc1cc(C2CCCNC2)oc(=O)c1C(=O)N1CCC(C2(O)CC2)CC1.Cl. The molecule has 1 unspecified atom stereocenters. The summed E-state index contributed by atoms with van der Waals surface area (Å²) in [5, 5.41) is 13.6. The number of nitrogens with one attached hydrogen (secondary N) is 1. The van der Waals surface area contributed by atoms with E-state index in [2.05, 4.69) is 5.32 Å². The summed E-state index contributed by atoms with van der Waals surface area (Å²) in [6, 6.07) is 1.87. The Hall–Kier alpha value is -1.37. The van der Waals surface area contributed by atoms with Crippen LogP contribution in [0.5, 0.6) is 0 Å². The Morgan fingerprint density at radius 2 is 2.00 bits per heavy atom. The van der Waals surface area contributed by atoms with Gasteiger partial charge in [0, 0.05) is 25.6 Å². The molecule has 1 saturated carbocycles. The lowest BCUT2D eigenvalue weighted by Crippen LogP contribution is -2.43. The van der Waals surface area contributed by atoms with E-state index in [1.165, 1.54) is 0 Å². The first-order valence-corrected chi connectivity index (χ1v) is 9.85. The first-order valence-electron chi connectivity index (χ1n) is 9.85. The zero-order valence-corrected chi connectivity index (χ0v) is 16.6. The molecule has 1 atom stereocenters. The van der Waals surface area contributed by atoms with Crippen LogP contribution in [0.4, 0.5) is 0 Å². The molecule has 0 aromatic carbocycles. The normalized spacial score (nSPS) is 25.0. The number of amides is 1. The number of piperidine rings is 2. The molecule has 1 aliphatic carbocycles. The van der Waals surface area contributed by atoms with E-state index in [0.29, 0.717) is 24.4 Å². The molecule has 2 N–H and O–H groups in total. The van der Waals surface area contributed by atoms with Crippen molar-refractivity contribution in [1.82, 2.24) is 10.2 Å². The van der Waals surface area contributed by atoms with Crippen LogP contribution < -0.4 is 10.9 Å². The summed E-state index contributed by atoms with van der Waals surface area (Å²) >= 11 is 0. The van der Waals surface area contributed by atoms with Crippen molar-refractivity contribution in [2.45, 2.75) is 57.0 Å². The lowest BCUT2D eigenvalue weighted by atomic mass is 9.89. The molecule has 3 fully saturated rings. The van der Waals surface area contributed by atoms with E-state index in [4.69, 9.17) is 4.42 Å². The first-order chi connectivity index (χ1) is 12.5. The molecule has 150 valence electrons. The highest BCUT2D eigenvalue weighted by molar-refractivity contribution is 5.95. The standard InChI is InChI=1S/C20H28N2O4.ClH/c1-13-11-16(14-3-2-8-21-12-14)26-19(24)17(13)18(23)22-9-4-15(5-10-22)20(25)6-7-20;/h11,14-15,21,25H,2-10,12H2,1H3;1H. The number of nitrogens with zero attached hydrogens (tertiary/aromatic N) is 1. The summed E-state index contributed by atoms with van der Waals surface area (Å²) in [6.07, 6.45) is 5.43. The number of carbonyl (C=O) groups excluding carboxylic acids is 1. The summed E-state index contributed by atoms with van der Waals surface area (Å²) in [4.78, 5) is 27.2. The molecule has 3 aliphatic rings. The van der Waals surface area contributed by atoms with Crippen molar-refractivity contribution >= 4 is 18.3 Å². The number of likely N-dealkylation sites (tertiary alicyclic amines) is 1. The summed E-state index contributed by atoms with van der Waals surface area (Å²) in [5.74, 6) is 0.941. The molecule has 0 radical (unpaired) electrons. The molecule has 27 heavy (non-hydrogen) atoms. The highest BCUT2D eigenvalue weighted by Gasteiger charge is 2.48. The molecule has 1 amide bonds. The highest BCUT2D eigenvalue weighted by Crippen LogP contribution is 2.46. The molecular formula is C20H29ClN2O4. The maximum atomic E-state index is 12.9. The van der Waals surface area contributed by atoms with Crippen LogP contribution in [0, 0.1) is 12.8 Å². The third-order valence-electron chi connectivity index (χ3n) is 6.39. The predicted octanol–water partition coefficient (Wildman–Crippen LogP) is 2.21. The van der Waals surface area contributed by atoms with Gasteiger partial charge in [0.05, 0.1) is 5.60 Å². The maximum absolute atomic E-state index is 12.9. The van der Waals surface area contributed by atoms with E-state index in [-0.39, 0.29) is 35.7 Å². The second-order valence-electron chi connectivity index (χ2n) is 8.21. The monoisotopic (exact) mass is 396 g/mol. The van der Waals surface area contributed by atoms with Crippen LogP contribution in [0.3, 0.4) is 0 Å². The quantitative estimate of drug-likeness (QED) is 0.818. The Morgan fingerprint density at radius 3 is 2.56 bits per heavy atom. The van der Waals surface area contributed by atoms with E-state index in [0.717, 1.165) is 51.6 Å². The van der Waals surface area contributed by atoms with Gasteiger partial charge in [0.25, 0.3) is 5.91 Å². The van der Waals surface area contributed by atoms with E-state index in [1.807, 2.05) is 13.0 Å². The lowest BCUT2D eigenvalue weighted by molar-refractivity contribution is 0.0338. The number of hydrogen-bond donors (Lipinski definition) is 2. The largest absolute Gasteiger partial charge is 0.427 e. The number of carbonyl (C=O) groups is 1. The van der Waals surface area contributed by atoms with Gasteiger partial charge in [0.15, 0.2) is 0 Å². The van der Waals surface area contributed by atoms with Crippen molar-refractivity contribution in [1.29, 1.82) is 0 Å². The Balaban J connectivity index is 0.00000210. The molecule has 3 heterocycles. The molecule has 7 heteroatoms. The second kappa shape index (κ2) is 7.94. The third kappa shape index (κ3) is 4.08. The minimum absolute atomic E-state index is 0. The van der Waals surface area contributed by atoms with Gasteiger partial charge in [-0.25, -0.2) is 4.79 Å². The van der Waals surface area contributed by atoms with Crippen molar-refractivity contribution in [2.75, 3.05) is 26.2 Å². The predicted molar refractivity (Wildman–Crippen MR) is 105 cm³/mol. The van der Waals surface area contributed by atoms with E-state index in [1.54, 1.807) is 4.90 Å². The Kier molecular flexibility index (Phi) is 5.99. The topological polar surface area (TPSA) is 82.8 Å². The highest BCUT2D eigenvalue weighted by atomic mass is 35.5. The van der Waals surface area contributed by atoms with Gasteiger partial charge in [-0.15, -0.1) is 12.4 Å². The fourth-order valence-corrected chi connectivity index (χ4v) is 4.50. The number of hydrogen-bond acceptors (Lipinski definition) is 5. The van der Waals surface area contributed by atoms with Gasteiger partial charge < -0.3 is 19.7 Å². The zero-order chi connectivity index (χ0) is 18.3. The van der Waals surface area contributed by atoms with Gasteiger partial charge in [-0.05, 0) is 69.5 Å². The van der Waals surface area contributed by atoms with Gasteiger partial charge in [0.1, 0.15) is 11.3 Å². The molecule has 0 bridgehead atoms. The van der Waals surface area contributed by atoms with Crippen molar-refractivity contribution in [3.63, 3.8) is 0 Å². The molecule has 1 aromatic heterocycles. The van der Waals surface area contributed by atoms with Crippen molar-refractivity contribution in [3.8, 4) is 0 Å². The van der Waals surface area contributed by atoms with Gasteiger partial charge in [-0.3, -0.25) is 4.79 Å². The average molecular weight is 397 g/mol. The number of aryl methyl sites for hydroxylation is 1. The van der Waals surface area contributed by atoms with Gasteiger partial charge >= 0.3 is 5.63 Å².